The molecule has 1 fully saturated rings. The van der Waals surface area contributed by atoms with Crippen LogP contribution in [-0.4, -0.2) is 40.0 Å². The van der Waals surface area contributed by atoms with Crippen molar-refractivity contribution in [1.82, 2.24) is 9.62 Å². The first-order chi connectivity index (χ1) is 9.42. The second-order valence-corrected chi connectivity index (χ2v) is 7.17. The Morgan fingerprint density at radius 2 is 2.30 bits per heavy atom. The van der Waals surface area contributed by atoms with E-state index < -0.39 is 10.0 Å². The van der Waals surface area contributed by atoms with Crippen LogP contribution in [0, 0.1) is 17.2 Å². The van der Waals surface area contributed by atoms with Crippen LogP contribution in [0.2, 0.25) is 5.02 Å². The molecule has 1 atom stereocenters. The zero-order valence-corrected chi connectivity index (χ0v) is 12.7. The molecule has 0 aliphatic carbocycles. The molecule has 1 unspecified atom stereocenters. The van der Waals surface area contributed by atoms with Crippen molar-refractivity contribution in [2.45, 2.75) is 11.3 Å². The first-order valence-electron chi connectivity index (χ1n) is 6.30. The molecule has 1 saturated heterocycles. The van der Waals surface area contributed by atoms with Crippen molar-refractivity contribution in [3.05, 3.63) is 28.8 Å². The average Bonchev–Trinajstić information content (AvgIpc) is 2.82. The second kappa shape index (κ2) is 6.10. The number of likely N-dealkylation sites (tertiary alicyclic amines) is 1. The van der Waals surface area contributed by atoms with Crippen LogP contribution in [0.3, 0.4) is 0 Å². The van der Waals surface area contributed by atoms with Gasteiger partial charge in [0.2, 0.25) is 10.0 Å². The van der Waals surface area contributed by atoms with Crippen LogP contribution in [0.4, 0.5) is 0 Å². The average molecular weight is 314 g/mol. The maximum atomic E-state index is 12.2. The van der Waals surface area contributed by atoms with Crippen LogP contribution in [0.25, 0.3) is 0 Å². The van der Waals surface area contributed by atoms with E-state index in [0.717, 1.165) is 19.5 Å². The minimum Gasteiger partial charge on any atom is -0.306 e. The van der Waals surface area contributed by atoms with Crippen molar-refractivity contribution in [2.75, 3.05) is 26.7 Å². The molecule has 0 saturated carbocycles. The van der Waals surface area contributed by atoms with Gasteiger partial charge < -0.3 is 4.90 Å². The molecule has 1 aliphatic rings. The number of halogens is 1. The van der Waals surface area contributed by atoms with Gasteiger partial charge in [-0.3, -0.25) is 0 Å². The van der Waals surface area contributed by atoms with Crippen LogP contribution < -0.4 is 4.72 Å². The van der Waals surface area contributed by atoms with Crippen molar-refractivity contribution in [2.24, 2.45) is 5.92 Å². The third-order valence-corrected chi connectivity index (χ3v) is 5.31. The largest absolute Gasteiger partial charge is 0.306 e. The smallest absolute Gasteiger partial charge is 0.242 e. The number of nitrogens with zero attached hydrogens (tertiary/aromatic N) is 2. The van der Waals surface area contributed by atoms with Crippen molar-refractivity contribution in [3.8, 4) is 6.07 Å². The first kappa shape index (κ1) is 15.3. The maximum absolute atomic E-state index is 12.2. The lowest BCUT2D eigenvalue weighted by Gasteiger charge is -2.13. The highest BCUT2D eigenvalue weighted by Gasteiger charge is 2.23. The van der Waals surface area contributed by atoms with Gasteiger partial charge in [0.15, 0.2) is 0 Å². The van der Waals surface area contributed by atoms with Gasteiger partial charge >= 0.3 is 0 Å². The van der Waals surface area contributed by atoms with E-state index >= 15 is 0 Å². The molecule has 2 rings (SSSR count). The second-order valence-electron chi connectivity index (χ2n) is 5.03. The van der Waals surface area contributed by atoms with Gasteiger partial charge in [-0.25, -0.2) is 13.1 Å². The lowest BCUT2D eigenvalue weighted by molar-refractivity contribution is 0.394. The van der Waals surface area contributed by atoms with Crippen molar-refractivity contribution in [1.29, 1.82) is 5.26 Å². The monoisotopic (exact) mass is 313 g/mol. The maximum Gasteiger partial charge on any atom is 0.242 e. The Morgan fingerprint density at radius 3 is 2.85 bits per heavy atom. The molecule has 0 aromatic heterocycles. The summed E-state index contributed by atoms with van der Waals surface area (Å²) in [5, 5.41) is 8.82. The lowest BCUT2D eigenvalue weighted by Crippen LogP contribution is -2.30. The molecule has 1 N–H and O–H groups in total. The number of benzene rings is 1. The number of hydrogen-bond acceptors (Lipinski definition) is 4. The normalized spacial score (nSPS) is 19.9. The van der Waals surface area contributed by atoms with Crippen LogP contribution in [0.5, 0.6) is 0 Å². The fraction of sp³-hybridized carbons (Fsp3) is 0.462. The number of nitrogens with one attached hydrogen (secondary N) is 1. The predicted octanol–water partition coefficient (Wildman–Crippen LogP) is 1.44. The predicted molar refractivity (Wildman–Crippen MR) is 77.0 cm³/mol. The van der Waals surface area contributed by atoms with Crippen LogP contribution in [0.1, 0.15) is 12.0 Å². The van der Waals surface area contributed by atoms with Gasteiger partial charge in [-0.1, -0.05) is 11.6 Å². The van der Waals surface area contributed by atoms with E-state index in [1.165, 1.54) is 18.2 Å². The fourth-order valence-corrected chi connectivity index (χ4v) is 3.95. The summed E-state index contributed by atoms with van der Waals surface area (Å²) in [4.78, 5) is 2.19. The van der Waals surface area contributed by atoms with Gasteiger partial charge in [0, 0.05) is 13.1 Å². The summed E-state index contributed by atoms with van der Waals surface area (Å²) in [6, 6.07) is 6.10. The van der Waals surface area contributed by atoms with Crippen molar-refractivity contribution in [3.63, 3.8) is 0 Å². The van der Waals surface area contributed by atoms with E-state index in [9.17, 15) is 8.42 Å². The Balaban J connectivity index is 2.09. The van der Waals surface area contributed by atoms with E-state index in [1.54, 1.807) is 0 Å². The molecule has 20 heavy (non-hydrogen) atoms. The molecular weight excluding hydrogens is 298 g/mol. The van der Waals surface area contributed by atoms with Crippen molar-refractivity contribution < 1.29 is 8.42 Å². The third kappa shape index (κ3) is 3.49. The SMILES string of the molecule is CN1CCC(CNS(=O)(=O)c2ccc(C#N)cc2Cl)C1. The zero-order chi connectivity index (χ0) is 14.8. The molecule has 1 aromatic carbocycles. The number of nitriles is 1. The molecule has 108 valence electrons. The molecule has 1 aromatic rings. The fourth-order valence-electron chi connectivity index (χ4n) is 2.29. The molecule has 0 bridgehead atoms. The third-order valence-electron chi connectivity index (χ3n) is 3.40. The van der Waals surface area contributed by atoms with E-state index in [4.69, 9.17) is 16.9 Å². The summed E-state index contributed by atoms with van der Waals surface area (Å²) in [5.41, 5.74) is 0.339. The minimum absolute atomic E-state index is 0.0181. The topological polar surface area (TPSA) is 73.2 Å². The molecule has 0 radical (unpaired) electrons. The van der Waals surface area contributed by atoms with E-state index in [0.29, 0.717) is 18.0 Å². The number of sulfonamides is 1. The van der Waals surface area contributed by atoms with E-state index in [1.807, 2.05) is 13.1 Å². The minimum atomic E-state index is -3.63. The molecular formula is C13H16ClN3O2S. The highest BCUT2D eigenvalue weighted by atomic mass is 35.5. The van der Waals surface area contributed by atoms with Crippen LogP contribution in [-0.2, 0) is 10.0 Å². The van der Waals surface area contributed by atoms with Gasteiger partial charge in [-0.15, -0.1) is 0 Å². The first-order valence-corrected chi connectivity index (χ1v) is 8.16. The van der Waals surface area contributed by atoms with Gasteiger partial charge in [0.05, 0.1) is 16.7 Å². The molecule has 0 spiro atoms. The van der Waals surface area contributed by atoms with Gasteiger partial charge in [0.25, 0.3) is 0 Å². The van der Waals surface area contributed by atoms with Gasteiger partial charge in [-0.2, -0.15) is 5.26 Å². The van der Waals surface area contributed by atoms with Crippen molar-refractivity contribution >= 4 is 21.6 Å². The van der Waals surface area contributed by atoms with E-state index in [2.05, 4.69) is 9.62 Å². The summed E-state index contributed by atoms with van der Waals surface area (Å²) in [6.07, 6.45) is 0.986. The summed E-state index contributed by atoms with van der Waals surface area (Å²) in [5.74, 6) is 0.326. The Morgan fingerprint density at radius 1 is 1.55 bits per heavy atom. The Kier molecular flexibility index (Phi) is 4.66. The Labute approximate surface area is 124 Å². The lowest BCUT2D eigenvalue weighted by atomic mass is 10.1. The number of rotatable bonds is 4. The molecule has 7 heteroatoms. The van der Waals surface area contributed by atoms with Gasteiger partial charge in [0.1, 0.15) is 4.90 Å². The summed E-state index contributed by atoms with van der Waals surface area (Å²) < 4.78 is 27.0. The highest BCUT2D eigenvalue weighted by Crippen LogP contribution is 2.23. The quantitative estimate of drug-likeness (QED) is 0.913. The van der Waals surface area contributed by atoms with Crippen LogP contribution >= 0.6 is 11.6 Å². The summed E-state index contributed by atoms with van der Waals surface area (Å²) in [6.45, 7) is 2.29. The molecule has 1 heterocycles. The standard InChI is InChI=1S/C13H16ClN3O2S/c1-17-5-4-11(9-17)8-16-20(18,19)13-3-2-10(7-15)6-12(13)14/h2-3,6,11,16H,4-5,8-9H2,1H3. The summed E-state index contributed by atoms with van der Waals surface area (Å²) >= 11 is 5.93. The molecule has 5 nitrogen and oxygen atoms in total. The van der Waals surface area contributed by atoms with Crippen LogP contribution in [0.15, 0.2) is 23.1 Å². The summed E-state index contributed by atoms with van der Waals surface area (Å²) in [7, 11) is -1.61. The molecule has 1 aliphatic heterocycles. The number of hydrogen-bond donors (Lipinski definition) is 1. The van der Waals surface area contributed by atoms with E-state index in [-0.39, 0.29) is 9.92 Å². The highest BCUT2D eigenvalue weighted by molar-refractivity contribution is 7.89. The molecule has 0 amide bonds. The zero-order valence-electron chi connectivity index (χ0n) is 11.1. The van der Waals surface area contributed by atoms with Gasteiger partial charge in [-0.05, 0) is 44.1 Å². The Bertz CT molecular complexity index is 640. The Hall–Kier alpha value is -1.13.